The average Bonchev–Trinajstić information content (AvgIpc) is 3.00. The van der Waals surface area contributed by atoms with Gasteiger partial charge in [0.2, 0.25) is 5.91 Å². The molecule has 3 rings (SSSR count). The number of carbonyl (C=O) groups excluding carboxylic acids is 1. The van der Waals surface area contributed by atoms with Gasteiger partial charge in [0.15, 0.2) is 0 Å². The van der Waals surface area contributed by atoms with Gasteiger partial charge < -0.3 is 4.90 Å². The number of sulfonamides is 1. The summed E-state index contributed by atoms with van der Waals surface area (Å²) in [5, 5.41) is 0.120. The van der Waals surface area contributed by atoms with Crippen molar-refractivity contribution in [3.05, 3.63) is 53.1 Å². The van der Waals surface area contributed by atoms with Crippen LogP contribution in [0, 0.1) is 0 Å². The minimum absolute atomic E-state index is 0.00706. The van der Waals surface area contributed by atoms with E-state index in [0.717, 1.165) is 12.1 Å². The van der Waals surface area contributed by atoms with Crippen LogP contribution in [0.5, 0.6) is 0 Å². The summed E-state index contributed by atoms with van der Waals surface area (Å²) in [4.78, 5) is 12.4. The topological polar surface area (TPSA) is 66.5 Å². The minimum atomic E-state index is -4.82. The zero-order valence-corrected chi connectivity index (χ0v) is 15.3. The maximum absolute atomic E-state index is 13.1. The molecule has 5 nitrogen and oxygen atoms in total. The van der Waals surface area contributed by atoms with E-state index in [2.05, 4.69) is 4.72 Å². The number of rotatable bonds is 4. The summed E-state index contributed by atoms with van der Waals surface area (Å²) in [6.45, 7) is 0.503. The van der Waals surface area contributed by atoms with E-state index in [1.54, 1.807) is 0 Å². The van der Waals surface area contributed by atoms with Crippen molar-refractivity contribution in [2.24, 2.45) is 0 Å². The number of benzene rings is 2. The van der Waals surface area contributed by atoms with E-state index in [1.807, 2.05) is 0 Å². The first kappa shape index (κ1) is 19.5. The number of halogens is 4. The molecule has 1 aliphatic rings. The van der Waals surface area contributed by atoms with Crippen molar-refractivity contribution >= 4 is 38.9 Å². The molecule has 27 heavy (non-hydrogen) atoms. The van der Waals surface area contributed by atoms with Gasteiger partial charge in [-0.05, 0) is 36.8 Å². The van der Waals surface area contributed by atoms with Crippen LogP contribution >= 0.6 is 11.6 Å². The van der Waals surface area contributed by atoms with Crippen LogP contribution in [-0.4, -0.2) is 20.9 Å². The predicted octanol–water partition coefficient (Wildman–Crippen LogP) is 4.29. The quantitative estimate of drug-likeness (QED) is 0.805. The lowest BCUT2D eigenvalue weighted by molar-refractivity contribution is -0.139. The lowest BCUT2D eigenvalue weighted by Crippen LogP contribution is -2.24. The molecule has 144 valence electrons. The third-order valence-electron chi connectivity index (χ3n) is 4.05. The zero-order chi connectivity index (χ0) is 19.8. The van der Waals surface area contributed by atoms with E-state index in [-0.39, 0.29) is 16.6 Å². The maximum atomic E-state index is 13.1. The van der Waals surface area contributed by atoms with Crippen LogP contribution in [0.1, 0.15) is 18.4 Å². The summed E-state index contributed by atoms with van der Waals surface area (Å²) >= 11 is 6.14. The standard InChI is InChI=1S/C17H14ClF3N2O3S/c18-13-10-11(7-8-14(13)23-9-3-6-16(23)24)22-27(25,26)15-5-2-1-4-12(15)17(19,20)21/h1-2,4-5,7-8,10,22H,3,6,9H2. The first-order valence-electron chi connectivity index (χ1n) is 7.88. The summed E-state index contributed by atoms with van der Waals surface area (Å²) in [7, 11) is -4.50. The Labute approximate surface area is 158 Å². The molecule has 0 spiro atoms. The second-order valence-electron chi connectivity index (χ2n) is 5.91. The Morgan fingerprint density at radius 3 is 2.41 bits per heavy atom. The summed E-state index contributed by atoms with van der Waals surface area (Å²) in [6, 6.07) is 7.96. The highest BCUT2D eigenvalue weighted by Crippen LogP contribution is 2.36. The van der Waals surface area contributed by atoms with Gasteiger partial charge in [0.25, 0.3) is 10.0 Å². The van der Waals surface area contributed by atoms with E-state index >= 15 is 0 Å². The Hall–Kier alpha value is -2.26. The van der Waals surface area contributed by atoms with Gasteiger partial charge in [0.1, 0.15) is 0 Å². The van der Waals surface area contributed by atoms with Crippen molar-refractivity contribution in [1.29, 1.82) is 0 Å². The van der Waals surface area contributed by atoms with Crippen LogP contribution in [0.4, 0.5) is 24.5 Å². The molecule has 1 N–H and O–H groups in total. The second kappa shape index (κ2) is 7.05. The van der Waals surface area contributed by atoms with Crippen molar-refractivity contribution in [3.63, 3.8) is 0 Å². The Kier molecular flexibility index (Phi) is 5.09. The summed E-state index contributed by atoms with van der Waals surface area (Å²) in [5.41, 5.74) is -0.840. The number of amides is 1. The number of anilines is 2. The fraction of sp³-hybridized carbons (Fsp3) is 0.235. The van der Waals surface area contributed by atoms with Crippen LogP contribution < -0.4 is 9.62 Å². The lowest BCUT2D eigenvalue weighted by Gasteiger charge is -2.18. The molecule has 1 aliphatic heterocycles. The van der Waals surface area contributed by atoms with Crippen molar-refractivity contribution < 1.29 is 26.4 Å². The van der Waals surface area contributed by atoms with E-state index in [9.17, 15) is 26.4 Å². The minimum Gasteiger partial charge on any atom is -0.311 e. The molecule has 1 amide bonds. The highest BCUT2D eigenvalue weighted by molar-refractivity contribution is 7.92. The molecule has 0 aromatic heterocycles. The van der Waals surface area contributed by atoms with Crippen LogP contribution in [0.2, 0.25) is 5.02 Å². The molecule has 0 radical (unpaired) electrons. The molecule has 1 fully saturated rings. The third-order valence-corrected chi connectivity index (χ3v) is 5.79. The Balaban J connectivity index is 1.91. The van der Waals surface area contributed by atoms with Crippen LogP contribution in [0.3, 0.4) is 0 Å². The summed E-state index contributed by atoms with van der Waals surface area (Å²) in [6.07, 6.45) is -3.72. The smallest absolute Gasteiger partial charge is 0.311 e. The SMILES string of the molecule is O=C1CCCN1c1ccc(NS(=O)(=O)c2ccccc2C(F)(F)F)cc1Cl. The Bertz CT molecular complexity index is 993. The first-order chi connectivity index (χ1) is 12.6. The number of nitrogens with one attached hydrogen (secondary N) is 1. The van der Waals surface area contributed by atoms with Gasteiger partial charge in [-0.25, -0.2) is 8.42 Å². The molecule has 0 atom stereocenters. The van der Waals surface area contributed by atoms with Crippen LogP contribution in [0.25, 0.3) is 0 Å². The highest BCUT2D eigenvalue weighted by Gasteiger charge is 2.37. The maximum Gasteiger partial charge on any atom is 0.417 e. The van der Waals surface area contributed by atoms with Crippen LogP contribution in [0.15, 0.2) is 47.4 Å². The molecule has 0 aliphatic carbocycles. The molecule has 0 unspecified atom stereocenters. The molecule has 10 heteroatoms. The van der Waals surface area contributed by atoms with Crippen LogP contribution in [-0.2, 0) is 21.0 Å². The van der Waals surface area contributed by atoms with Gasteiger partial charge in [0, 0.05) is 13.0 Å². The summed E-state index contributed by atoms with van der Waals surface area (Å²) in [5.74, 6) is -0.0932. The largest absolute Gasteiger partial charge is 0.417 e. The number of carbonyl (C=O) groups is 1. The van der Waals surface area contributed by atoms with Gasteiger partial charge >= 0.3 is 6.18 Å². The van der Waals surface area contributed by atoms with Crippen molar-refractivity contribution in [3.8, 4) is 0 Å². The van der Waals surface area contributed by atoms with Gasteiger partial charge in [-0.3, -0.25) is 9.52 Å². The van der Waals surface area contributed by atoms with Gasteiger partial charge in [-0.15, -0.1) is 0 Å². The number of hydrogen-bond donors (Lipinski definition) is 1. The molecule has 0 saturated carbocycles. The van der Waals surface area contributed by atoms with Gasteiger partial charge in [-0.1, -0.05) is 23.7 Å². The number of hydrogen-bond acceptors (Lipinski definition) is 3. The molecule has 2 aromatic rings. The third kappa shape index (κ3) is 4.03. The lowest BCUT2D eigenvalue weighted by atomic mass is 10.2. The fourth-order valence-electron chi connectivity index (χ4n) is 2.84. The van der Waals surface area contributed by atoms with Crippen molar-refractivity contribution in [2.75, 3.05) is 16.2 Å². The molecule has 1 heterocycles. The molecule has 0 bridgehead atoms. The Morgan fingerprint density at radius 2 is 1.81 bits per heavy atom. The van der Waals surface area contributed by atoms with E-state index in [0.29, 0.717) is 31.1 Å². The second-order valence-corrected chi connectivity index (χ2v) is 7.97. The first-order valence-corrected chi connectivity index (χ1v) is 9.75. The monoisotopic (exact) mass is 418 g/mol. The normalized spacial score (nSPS) is 15.3. The van der Waals surface area contributed by atoms with Crippen molar-refractivity contribution in [1.82, 2.24) is 0 Å². The molecular weight excluding hydrogens is 405 g/mol. The van der Waals surface area contributed by atoms with E-state index in [4.69, 9.17) is 11.6 Å². The zero-order valence-electron chi connectivity index (χ0n) is 13.8. The highest BCUT2D eigenvalue weighted by atomic mass is 35.5. The predicted molar refractivity (Wildman–Crippen MR) is 95.3 cm³/mol. The van der Waals surface area contributed by atoms with E-state index < -0.39 is 26.7 Å². The average molecular weight is 419 g/mol. The van der Waals surface area contributed by atoms with E-state index in [1.165, 1.54) is 29.2 Å². The molecule has 2 aromatic carbocycles. The van der Waals surface area contributed by atoms with Crippen molar-refractivity contribution in [2.45, 2.75) is 23.9 Å². The summed E-state index contributed by atoms with van der Waals surface area (Å²) < 4.78 is 66.3. The number of alkyl halides is 3. The van der Waals surface area contributed by atoms with Gasteiger partial charge in [0.05, 0.1) is 26.9 Å². The molecular formula is C17H14ClF3N2O3S. The van der Waals surface area contributed by atoms with Gasteiger partial charge in [-0.2, -0.15) is 13.2 Å². The molecule has 1 saturated heterocycles. The number of nitrogens with zero attached hydrogens (tertiary/aromatic N) is 1. The Morgan fingerprint density at radius 1 is 1.11 bits per heavy atom. The fourth-order valence-corrected chi connectivity index (χ4v) is 4.40.